The number of likely N-dealkylation sites (tertiary alicyclic amines) is 2. The fourth-order valence-electron chi connectivity index (χ4n) is 4.67. The van der Waals surface area contributed by atoms with Crippen LogP contribution in [0.25, 0.3) is 6.08 Å². The Labute approximate surface area is 162 Å². The number of hydrogen-bond acceptors (Lipinski definition) is 3. The Bertz CT molecular complexity index is 706. The lowest BCUT2D eigenvalue weighted by Crippen LogP contribution is -2.53. The molecule has 2 aliphatic heterocycles. The van der Waals surface area contributed by atoms with Gasteiger partial charge in [0.2, 0.25) is 11.8 Å². The van der Waals surface area contributed by atoms with E-state index in [0.29, 0.717) is 0 Å². The normalized spacial score (nSPS) is 22.9. The van der Waals surface area contributed by atoms with Gasteiger partial charge in [-0.05, 0) is 31.7 Å². The Kier molecular flexibility index (Phi) is 6.00. The van der Waals surface area contributed by atoms with Crippen LogP contribution in [0.3, 0.4) is 0 Å². The molecule has 1 aromatic rings. The van der Waals surface area contributed by atoms with Crippen molar-refractivity contribution in [1.82, 2.24) is 15.1 Å². The highest BCUT2D eigenvalue weighted by Crippen LogP contribution is 2.39. The van der Waals surface area contributed by atoms with Gasteiger partial charge in [0.05, 0.1) is 0 Å². The summed E-state index contributed by atoms with van der Waals surface area (Å²) < 4.78 is 0. The van der Waals surface area contributed by atoms with Gasteiger partial charge in [-0.1, -0.05) is 42.0 Å². The number of carbonyl (C=O) groups is 2. The minimum absolute atomic E-state index is 0.0368. The predicted molar refractivity (Wildman–Crippen MR) is 108 cm³/mol. The minimum Gasteiger partial charge on any atom is -0.352 e. The summed E-state index contributed by atoms with van der Waals surface area (Å²) >= 11 is 0. The number of amides is 2. The average molecular weight is 370 g/mol. The summed E-state index contributed by atoms with van der Waals surface area (Å²) in [5, 5.41) is 3.12. The number of nitrogens with one attached hydrogen (secondary N) is 1. The van der Waals surface area contributed by atoms with E-state index in [9.17, 15) is 9.59 Å². The first-order chi connectivity index (χ1) is 12.9. The first-order valence-electron chi connectivity index (χ1n) is 9.88. The zero-order chi connectivity index (χ0) is 19.4. The lowest BCUT2D eigenvalue weighted by molar-refractivity contribution is -0.131. The topological polar surface area (TPSA) is 52.7 Å². The highest BCUT2D eigenvalue weighted by Gasteiger charge is 2.47. The zero-order valence-electron chi connectivity index (χ0n) is 16.7. The van der Waals surface area contributed by atoms with Gasteiger partial charge < -0.3 is 10.2 Å². The van der Waals surface area contributed by atoms with Gasteiger partial charge in [0, 0.05) is 51.6 Å². The van der Waals surface area contributed by atoms with Crippen molar-refractivity contribution in [2.75, 3.05) is 26.2 Å². The molecule has 3 rings (SSSR count). The van der Waals surface area contributed by atoms with Crippen LogP contribution < -0.4 is 5.32 Å². The molecule has 1 N–H and O–H groups in total. The second kappa shape index (κ2) is 8.26. The molecule has 0 aromatic heterocycles. The van der Waals surface area contributed by atoms with Crippen molar-refractivity contribution in [2.24, 2.45) is 0 Å². The molecule has 2 heterocycles. The van der Waals surface area contributed by atoms with Crippen LogP contribution in [-0.4, -0.2) is 59.4 Å². The maximum absolute atomic E-state index is 11.7. The van der Waals surface area contributed by atoms with Gasteiger partial charge in [-0.3, -0.25) is 14.5 Å². The molecule has 27 heavy (non-hydrogen) atoms. The smallest absolute Gasteiger partial charge is 0.219 e. The van der Waals surface area contributed by atoms with Crippen LogP contribution in [0.2, 0.25) is 0 Å². The Balaban J connectivity index is 1.74. The van der Waals surface area contributed by atoms with E-state index in [-0.39, 0.29) is 23.4 Å². The molecule has 146 valence electrons. The van der Waals surface area contributed by atoms with E-state index in [1.54, 1.807) is 13.8 Å². The molecule has 0 radical (unpaired) electrons. The molecule has 0 bridgehead atoms. The molecule has 1 atom stereocenters. The summed E-state index contributed by atoms with van der Waals surface area (Å²) in [4.78, 5) is 27.8. The van der Waals surface area contributed by atoms with Crippen LogP contribution in [-0.2, 0) is 9.59 Å². The van der Waals surface area contributed by atoms with Crippen LogP contribution in [0.5, 0.6) is 0 Å². The molecule has 5 nitrogen and oxygen atoms in total. The van der Waals surface area contributed by atoms with Crippen molar-refractivity contribution >= 4 is 17.9 Å². The number of carbonyl (C=O) groups excluding carboxylic acids is 2. The quantitative estimate of drug-likeness (QED) is 0.888. The van der Waals surface area contributed by atoms with Crippen molar-refractivity contribution in [1.29, 1.82) is 0 Å². The van der Waals surface area contributed by atoms with E-state index < -0.39 is 0 Å². The Hall–Kier alpha value is -2.14. The maximum atomic E-state index is 11.7. The molecular formula is C22H31N3O2. The van der Waals surface area contributed by atoms with Crippen LogP contribution in [0, 0.1) is 0 Å². The van der Waals surface area contributed by atoms with E-state index in [1.807, 2.05) is 11.0 Å². The molecule has 2 aliphatic rings. The van der Waals surface area contributed by atoms with Gasteiger partial charge in [0.25, 0.3) is 0 Å². The van der Waals surface area contributed by atoms with Gasteiger partial charge in [0.1, 0.15) is 0 Å². The van der Waals surface area contributed by atoms with Crippen LogP contribution in [0.1, 0.15) is 45.6 Å². The minimum atomic E-state index is 0.0368. The van der Waals surface area contributed by atoms with E-state index >= 15 is 0 Å². The lowest BCUT2D eigenvalue weighted by atomic mass is 9.83. The van der Waals surface area contributed by atoms with Gasteiger partial charge in [-0.2, -0.15) is 0 Å². The monoisotopic (exact) mass is 369 g/mol. The first-order valence-corrected chi connectivity index (χ1v) is 9.88. The van der Waals surface area contributed by atoms with Crippen LogP contribution in [0.15, 0.2) is 35.9 Å². The number of hydrogen-bond donors (Lipinski definition) is 1. The Morgan fingerprint density at radius 2 is 1.81 bits per heavy atom. The summed E-state index contributed by atoms with van der Waals surface area (Å²) in [6.45, 7) is 8.80. The standard InChI is InChI=1S/C22H31N3O2/c1-17(13-20-7-5-4-6-8-20)15-25-16-21(23-18(2)26)14-22(25)9-11-24(12-10-22)19(3)27/h4-8,13,21H,9-12,14-16H2,1-3H3,(H,23,26)/b17-13+/t21-/m0/s1. The number of piperidine rings is 1. The molecule has 0 aliphatic carbocycles. The molecule has 5 heteroatoms. The highest BCUT2D eigenvalue weighted by atomic mass is 16.2. The van der Waals surface area contributed by atoms with E-state index in [1.165, 1.54) is 11.1 Å². The second-order valence-corrected chi connectivity index (χ2v) is 8.11. The molecule has 0 saturated carbocycles. The first kappa shape index (κ1) is 19.6. The molecule has 2 saturated heterocycles. The fraction of sp³-hybridized carbons (Fsp3) is 0.545. The van der Waals surface area contributed by atoms with Crippen molar-refractivity contribution in [3.63, 3.8) is 0 Å². The lowest BCUT2D eigenvalue weighted by Gasteiger charge is -2.45. The van der Waals surface area contributed by atoms with E-state index in [2.05, 4.69) is 47.5 Å². The summed E-state index contributed by atoms with van der Waals surface area (Å²) in [6, 6.07) is 10.6. The van der Waals surface area contributed by atoms with Crippen LogP contribution in [0.4, 0.5) is 0 Å². The third-order valence-electron chi connectivity index (χ3n) is 5.94. The third kappa shape index (κ3) is 4.78. The maximum Gasteiger partial charge on any atom is 0.219 e. The Morgan fingerprint density at radius 3 is 2.41 bits per heavy atom. The van der Waals surface area contributed by atoms with Crippen molar-refractivity contribution in [3.8, 4) is 0 Å². The Morgan fingerprint density at radius 1 is 1.15 bits per heavy atom. The molecular weight excluding hydrogens is 338 g/mol. The third-order valence-corrected chi connectivity index (χ3v) is 5.94. The number of rotatable bonds is 4. The van der Waals surface area contributed by atoms with Crippen molar-refractivity contribution in [3.05, 3.63) is 41.5 Å². The van der Waals surface area contributed by atoms with Gasteiger partial charge in [-0.15, -0.1) is 0 Å². The van der Waals surface area contributed by atoms with E-state index in [0.717, 1.165) is 45.4 Å². The summed E-state index contributed by atoms with van der Waals surface area (Å²) in [5.41, 5.74) is 2.61. The summed E-state index contributed by atoms with van der Waals surface area (Å²) in [5.74, 6) is 0.197. The van der Waals surface area contributed by atoms with E-state index in [4.69, 9.17) is 0 Å². The van der Waals surface area contributed by atoms with Gasteiger partial charge in [0.15, 0.2) is 0 Å². The average Bonchev–Trinajstić information content (AvgIpc) is 2.91. The van der Waals surface area contributed by atoms with Crippen molar-refractivity contribution in [2.45, 2.75) is 51.6 Å². The SMILES string of the molecule is CC(=O)N[C@@H]1CN(C/C(C)=C/c2ccccc2)C2(CCN(C(C)=O)CC2)C1. The number of nitrogens with zero attached hydrogens (tertiary/aromatic N) is 2. The summed E-state index contributed by atoms with van der Waals surface area (Å²) in [7, 11) is 0. The van der Waals surface area contributed by atoms with Gasteiger partial charge in [-0.25, -0.2) is 0 Å². The molecule has 1 aromatic carbocycles. The highest BCUT2D eigenvalue weighted by molar-refractivity contribution is 5.73. The fourth-order valence-corrected chi connectivity index (χ4v) is 4.67. The van der Waals surface area contributed by atoms with Crippen molar-refractivity contribution < 1.29 is 9.59 Å². The molecule has 2 fully saturated rings. The predicted octanol–water partition coefficient (Wildman–Crippen LogP) is 2.68. The molecule has 0 unspecified atom stereocenters. The zero-order valence-corrected chi connectivity index (χ0v) is 16.7. The summed E-state index contributed by atoms with van der Waals surface area (Å²) in [6.07, 6.45) is 5.16. The largest absolute Gasteiger partial charge is 0.352 e. The molecule has 2 amide bonds. The number of benzene rings is 1. The van der Waals surface area contributed by atoms with Gasteiger partial charge >= 0.3 is 0 Å². The second-order valence-electron chi connectivity index (χ2n) is 8.11. The molecule has 1 spiro atoms. The van der Waals surface area contributed by atoms with Crippen LogP contribution >= 0.6 is 0 Å².